The number of nitrogens with one attached hydrogen (secondary N) is 1. The predicted octanol–water partition coefficient (Wildman–Crippen LogP) is 7.23. The number of hydrogen-bond acceptors (Lipinski definition) is 6. The van der Waals surface area contributed by atoms with Crippen molar-refractivity contribution in [2.45, 2.75) is 40.0 Å². The van der Waals surface area contributed by atoms with Crippen molar-refractivity contribution in [3.8, 4) is 28.5 Å². The topological polar surface area (TPSA) is 81.6 Å². The van der Waals surface area contributed by atoms with Gasteiger partial charge in [0.25, 0.3) is 0 Å². The van der Waals surface area contributed by atoms with Gasteiger partial charge in [0.1, 0.15) is 12.1 Å². The van der Waals surface area contributed by atoms with Gasteiger partial charge < -0.3 is 4.74 Å². The van der Waals surface area contributed by atoms with Gasteiger partial charge in [-0.15, -0.1) is 29.6 Å². The molecule has 0 unspecified atom stereocenters. The number of thiazole rings is 1. The number of hydrazone groups is 1. The number of halogens is 3. The lowest BCUT2D eigenvalue weighted by atomic mass is 9.99. The van der Waals surface area contributed by atoms with Crippen LogP contribution in [0, 0.1) is 13.8 Å². The Kier molecular flexibility index (Phi) is 9.06. The smallest absolute Gasteiger partial charge is 0.406 e. The predicted molar refractivity (Wildman–Crippen MR) is 170 cm³/mol. The normalized spacial score (nSPS) is 12.3. The van der Waals surface area contributed by atoms with E-state index < -0.39 is 6.36 Å². The van der Waals surface area contributed by atoms with Crippen LogP contribution in [0.3, 0.4) is 0 Å². The minimum Gasteiger partial charge on any atom is -0.406 e. The number of aryl methyl sites for hydroxylation is 2. The zero-order chi connectivity index (χ0) is 31.4. The van der Waals surface area contributed by atoms with Gasteiger partial charge in [-0.2, -0.15) is 10.1 Å². The lowest BCUT2D eigenvalue weighted by Gasteiger charge is -2.16. The zero-order valence-corrected chi connectivity index (χ0v) is 25.8. The monoisotopic (exact) mass is 635 g/mol. The van der Waals surface area contributed by atoms with E-state index in [9.17, 15) is 13.2 Å². The molecule has 8 nitrogen and oxygen atoms in total. The summed E-state index contributed by atoms with van der Waals surface area (Å²) >= 11 is 6.98. The molecule has 226 valence electrons. The quantitative estimate of drug-likeness (QED) is 0.116. The first-order valence-corrected chi connectivity index (χ1v) is 14.8. The van der Waals surface area contributed by atoms with Crippen molar-refractivity contribution in [2.24, 2.45) is 10.1 Å². The fraction of sp³-hybridized carbons (Fsp3) is 0.194. The highest BCUT2D eigenvalue weighted by molar-refractivity contribution is 7.80. The molecular weight excluding hydrogens is 608 g/mol. The van der Waals surface area contributed by atoms with E-state index >= 15 is 0 Å². The third-order valence-electron chi connectivity index (χ3n) is 6.49. The molecule has 0 radical (unpaired) electrons. The number of aromatic nitrogens is 4. The molecule has 44 heavy (non-hydrogen) atoms. The molecule has 5 aromatic rings. The number of thiocarbonyl (C=S) groups is 1. The Morgan fingerprint density at radius 3 is 2.45 bits per heavy atom. The van der Waals surface area contributed by atoms with Crippen LogP contribution < -0.4 is 15.0 Å². The molecular formula is C31H28F3N7OS2. The van der Waals surface area contributed by atoms with E-state index in [2.05, 4.69) is 86.2 Å². The number of benzene rings is 3. The minimum atomic E-state index is -4.75. The molecule has 0 bridgehead atoms. The van der Waals surface area contributed by atoms with Crippen molar-refractivity contribution in [3.05, 3.63) is 106 Å². The summed E-state index contributed by atoms with van der Waals surface area (Å²) in [6.45, 7) is 8.47. The molecule has 0 aliphatic heterocycles. The standard InChI is InChI=1S/C31H28F3N7OS2/c1-19(2)26-14-5-20(3)15-27(26)41-21(4)17-44-30(41)37-29(43)38-36-16-22-6-8-23(9-7-22)28-35-18-40(39-28)24-10-12-25(13-11-24)42-31(32,33)34/h5-19H,1-4H3,(H,38,43)/b36-16+,37-30?. The minimum absolute atomic E-state index is 0.236. The molecule has 13 heteroatoms. The average Bonchev–Trinajstić information content (AvgIpc) is 3.60. The summed E-state index contributed by atoms with van der Waals surface area (Å²) < 4.78 is 44.7. The highest BCUT2D eigenvalue weighted by atomic mass is 32.1. The van der Waals surface area contributed by atoms with Crippen LogP contribution in [0.25, 0.3) is 22.8 Å². The first-order valence-electron chi connectivity index (χ1n) is 13.5. The SMILES string of the molecule is Cc1ccc(C(C)C)c(-n2c(C)csc2=NC(=S)N/N=C/c2ccc(-c3ncn(-c4ccc(OC(F)(F)F)cc4)n3)cc2)c1. The molecule has 2 heterocycles. The lowest BCUT2D eigenvalue weighted by Crippen LogP contribution is -2.22. The van der Waals surface area contributed by atoms with E-state index in [0.717, 1.165) is 27.3 Å². The van der Waals surface area contributed by atoms with Crippen molar-refractivity contribution in [2.75, 3.05) is 0 Å². The molecule has 0 aliphatic rings. The third kappa shape index (κ3) is 7.47. The highest BCUT2D eigenvalue weighted by Crippen LogP contribution is 2.26. The van der Waals surface area contributed by atoms with Crippen LogP contribution >= 0.6 is 23.6 Å². The summed E-state index contributed by atoms with van der Waals surface area (Å²) in [5.74, 6) is 0.492. The van der Waals surface area contributed by atoms with E-state index in [-0.39, 0.29) is 10.9 Å². The molecule has 0 spiro atoms. The molecule has 1 N–H and O–H groups in total. The Balaban J connectivity index is 1.25. The molecule has 0 saturated carbocycles. The van der Waals surface area contributed by atoms with Gasteiger partial charge in [-0.25, -0.2) is 9.67 Å². The Labute approximate surface area is 261 Å². The van der Waals surface area contributed by atoms with Crippen LogP contribution in [0.1, 0.15) is 42.1 Å². The summed E-state index contributed by atoms with van der Waals surface area (Å²) in [5, 5.41) is 11.0. The van der Waals surface area contributed by atoms with Crippen molar-refractivity contribution < 1.29 is 17.9 Å². The van der Waals surface area contributed by atoms with Crippen LogP contribution in [0.15, 0.2) is 88.5 Å². The largest absolute Gasteiger partial charge is 0.573 e. The third-order valence-corrected chi connectivity index (χ3v) is 7.62. The van der Waals surface area contributed by atoms with Gasteiger partial charge in [0.15, 0.2) is 10.6 Å². The van der Waals surface area contributed by atoms with Crippen molar-refractivity contribution in [3.63, 3.8) is 0 Å². The van der Waals surface area contributed by atoms with Crippen LogP contribution in [-0.4, -0.2) is 37.0 Å². The molecule has 2 aromatic heterocycles. The Morgan fingerprint density at radius 2 is 1.77 bits per heavy atom. The Morgan fingerprint density at radius 1 is 1.05 bits per heavy atom. The van der Waals surface area contributed by atoms with Crippen LogP contribution in [0.4, 0.5) is 13.2 Å². The summed E-state index contributed by atoms with van der Waals surface area (Å²) in [4.78, 5) is 9.70. The van der Waals surface area contributed by atoms with Gasteiger partial charge in [0.2, 0.25) is 5.11 Å². The highest BCUT2D eigenvalue weighted by Gasteiger charge is 2.31. The zero-order valence-electron chi connectivity index (χ0n) is 24.2. The molecule has 0 fully saturated rings. The van der Waals surface area contributed by atoms with Crippen LogP contribution in [0.2, 0.25) is 0 Å². The maximum Gasteiger partial charge on any atom is 0.573 e. The van der Waals surface area contributed by atoms with Crippen LogP contribution in [-0.2, 0) is 0 Å². The Hall–Kier alpha value is -4.62. The molecule has 0 saturated heterocycles. The number of nitrogens with zero attached hydrogens (tertiary/aromatic N) is 6. The van der Waals surface area contributed by atoms with Crippen molar-refractivity contribution >= 4 is 34.9 Å². The first-order chi connectivity index (χ1) is 21.0. The van der Waals surface area contributed by atoms with E-state index in [4.69, 9.17) is 12.2 Å². The first kappa shape index (κ1) is 30.8. The number of alkyl halides is 3. The van der Waals surface area contributed by atoms with Gasteiger partial charge in [-0.05, 0) is 79.0 Å². The van der Waals surface area contributed by atoms with Gasteiger partial charge in [-0.3, -0.25) is 9.99 Å². The summed E-state index contributed by atoms with van der Waals surface area (Å²) in [7, 11) is 0. The van der Waals surface area contributed by atoms with E-state index in [1.165, 1.54) is 57.7 Å². The lowest BCUT2D eigenvalue weighted by molar-refractivity contribution is -0.274. The van der Waals surface area contributed by atoms with Gasteiger partial charge in [-0.1, -0.05) is 50.2 Å². The van der Waals surface area contributed by atoms with E-state index in [1.54, 1.807) is 6.21 Å². The fourth-order valence-electron chi connectivity index (χ4n) is 4.41. The molecule has 0 atom stereocenters. The second kappa shape index (κ2) is 12.9. The van der Waals surface area contributed by atoms with Crippen molar-refractivity contribution in [1.29, 1.82) is 0 Å². The van der Waals surface area contributed by atoms with E-state index in [1.807, 2.05) is 24.3 Å². The van der Waals surface area contributed by atoms with Gasteiger partial charge in [0, 0.05) is 16.6 Å². The molecule has 5 rings (SSSR count). The summed E-state index contributed by atoms with van der Waals surface area (Å²) in [6, 6.07) is 19.2. The van der Waals surface area contributed by atoms with Gasteiger partial charge >= 0.3 is 6.36 Å². The second-order valence-electron chi connectivity index (χ2n) is 10.2. The fourth-order valence-corrected chi connectivity index (χ4v) is 5.48. The number of rotatable bonds is 7. The average molecular weight is 636 g/mol. The van der Waals surface area contributed by atoms with Gasteiger partial charge in [0.05, 0.1) is 17.6 Å². The van der Waals surface area contributed by atoms with Crippen molar-refractivity contribution in [1.82, 2.24) is 24.8 Å². The van der Waals surface area contributed by atoms with E-state index in [0.29, 0.717) is 17.4 Å². The molecule has 0 aliphatic carbocycles. The maximum absolute atomic E-state index is 12.4. The molecule has 0 amide bonds. The molecule has 3 aromatic carbocycles. The summed E-state index contributed by atoms with van der Waals surface area (Å²) in [6.07, 6.45) is -1.63. The maximum atomic E-state index is 12.4. The van der Waals surface area contributed by atoms with Crippen LogP contribution in [0.5, 0.6) is 5.75 Å². The Bertz CT molecular complexity index is 1870. The second-order valence-corrected chi connectivity index (χ2v) is 11.4. The number of hydrogen-bond donors (Lipinski definition) is 1. The summed E-state index contributed by atoms with van der Waals surface area (Å²) in [5.41, 5.74) is 9.50. The number of ether oxygens (including phenoxy) is 1.